The molecule has 6 nitrogen and oxygen atoms in total. The Labute approximate surface area is 208 Å². The summed E-state index contributed by atoms with van der Waals surface area (Å²) in [5.74, 6) is -0.0277. The van der Waals surface area contributed by atoms with Crippen LogP contribution in [0.3, 0.4) is 0 Å². The summed E-state index contributed by atoms with van der Waals surface area (Å²) in [6.45, 7) is 11.9. The van der Waals surface area contributed by atoms with E-state index in [0.29, 0.717) is 11.4 Å². The Morgan fingerprint density at radius 3 is 2.20 bits per heavy atom. The molecule has 0 fully saturated rings. The maximum absolute atomic E-state index is 13.7. The zero-order valence-electron chi connectivity index (χ0n) is 21.0. The van der Waals surface area contributed by atoms with Crippen LogP contribution in [-0.4, -0.2) is 27.0 Å². The van der Waals surface area contributed by atoms with Crippen LogP contribution in [0.5, 0.6) is 5.75 Å². The van der Waals surface area contributed by atoms with Crippen molar-refractivity contribution < 1.29 is 17.9 Å². The average molecular weight is 493 g/mol. The molecule has 1 N–H and O–H groups in total. The lowest BCUT2D eigenvalue weighted by atomic mass is 9.86. The van der Waals surface area contributed by atoms with Crippen LogP contribution in [0.15, 0.2) is 65.6 Å². The molecule has 0 saturated heterocycles. The number of benzene rings is 3. The minimum absolute atomic E-state index is 0.131. The van der Waals surface area contributed by atoms with Crippen LogP contribution in [0.1, 0.15) is 43.0 Å². The molecule has 1 aliphatic rings. The quantitative estimate of drug-likeness (QED) is 0.522. The zero-order chi connectivity index (χ0) is 25.5. The second kappa shape index (κ2) is 9.04. The monoisotopic (exact) mass is 492 g/mol. The molecular weight excluding hydrogens is 460 g/mol. The van der Waals surface area contributed by atoms with Crippen LogP contribution in [0.2, 0.25) is 0 Å². The maximum Gasteiger partial charge on any atom is 0.267 e. The predicted molar refractivity (Wildman–Crippen MR) is 140 cm³/mol. The zero-order valence-corrected chi connectivity index (χ0v) is 21.9. The van der Waals surface area contributed by atoms with E-state index in [2.05, 4.69) is 26.1 Å². The first-order chi connectivity index (χ1) is 16.4. The Hall–Kier alpha value is -3.32. The number of fused-ring (bicyclic) bond motifs is 1. The Bertz CT molecular complexity index is 1350. The molecule has 3 aromatic carbocycles. The minimum atomic E-state index is -3.93. The maximum atomic E-state index is 13.7. The summed E-state index contributed by atoms with van der Waals surface area (Å²) in [7, 11) is -3.93. The van der Waals surface area contributed by atoms with Crippen molar-refractivity contribution >= 4 is 27.3 Å². The number of nitrogens with one attached hydrogen (secondary N) is 1. The number of rotatable bonds is 4. The highest BCUT2D eigenvalue weighted by Crippen LogP contribution is 2.40. The molecule has 0 bridgehead atoms. The first-order valence-electron chi connectivity index (χ1n) is 11.7. The number of carbonyl (C=O) groups excluding carboxylic acids is 1. The summed E-state index contributed by atoms with van der Waals surface area (Å²) in [6.07, 6.45) is -1.01. The van der Waals surface area contributed by atoms with Crippen LogP contribution < -0.4 is 14.4 Å². The van der Waals surface area contributed by atoms with Crippen molar-refractivity contribution in [2.75, 3.05) is 16.2 Å². The first kappa shape index (κ1) is 24.8. The molecule has 35 heavy (non-hydrogen) atoms. The van der Waals surface area contributed by atoms with Crippen LogP contribution in [-0.2, 0) is 20.2 Å². The van der Waals surface area contributed by atoms with Gasteiger partial charge in [-0.15, -0.1) is 0 Å². The van der Waals surface area contributed by atoms with Gasteiger partial charge in [0.2, 0.25) is 0 Å². The SMILES string of the molecule is Cc1cc(C)c(NC(=O)C2CN(S(=O)(=O)c3ccccc3)c3cc(C(C)(C)C)ccc3O2)c(C)c1. The molecule has 1 aliphatic heterocycles. The van der Waals surface area contributed by atoms with E-state index in [1.54, 1.807) is 36.4 Å². The molecule has 1 atom stereocenters. The van der Waals surface area contributed by atoms with E-state index >= 15 is 0 Å². The lowest BCUT2D eigenvalue weighted by Crippen LogP contribution is -2.49. The lowest BCUT2D eigenvalue weighted by Gasteiger charge is -2.36. The molecule has 0 saturated carbocycles. The molecule has 0 aromatic heterocycles. The average Bonchev–Trinajstić information content (AvgIpc) is 2.80. The third-order valence-corrected chi connectivity index (χ3v) is 8.04. The van der Waals surface area contributed by atoms with Gasteiger partial charge in [-0.2, -0.15) is 0 Å². The molecular formula is C28H32N2O4S. The first-order valence-corrected chi connectivity index (χ1v) is 13.1. The Kier molecular flexibility index (Phi) is 6.40. The summed E-state index contributed by atoms with van der Waals surface area (Å²) in [5.41, 5.74) is 4.93. The summed E-state index contributed by atoms with van der Waals surface area (Å²) >= 11 is 0. The molecule has 1 heterocycles. The molecule has 0 radical (unpaired) electrons. The van der Waals surface area contributed by atoms with Crippen molar-refractivity contribution in [3.05, 3.63) is 82.9 Å². The Morgan fingerprint density at radius 1 is 0.971 bits per heavy atom. The van der Waals surface area contributed by atoms with Crippen molar-refractivity contribution in [2.24, 2.45) is 0 Å². The topological polar surface area (TPSA) is 75.7 Å². The number of amides is 1. The van der Waals surface area contributed by atoms with Gasteiger partial charge in [-0.05, 0) is 67.1 Å². The van der Waals surface area contributed by atoms with Gasteiger partial charge >= 0.3 is 0 Å². The standard InChI is InChI=1S/C28H32N2O4S/c1-18-14-19(2)26(20(3)15-18)29-27(31)25-17-30(35(32,33)22-10-8-7-9-11-22)23-16-21(28(4,5)6)12-13-24(23)34-25/h7-16,25H,17H2,1-6H3,(H,29,31). The van der Waals surface area contributed by atoms with Crippen LogP contribution in [0.4, 0.5) is 11.4 Å². The highest BCUT2D eigenvalue weighted by Gasteiger charge is 2.38. The summed E-state index contributed by atoms with van der Waals surface area (Å²) < 4.78 is 34.8. The van der Waals surface area contributed by atoms with Gasteiger partial charge in [-0.1, -0.05) is 62.7 Å². The fourth-order valence-electron chi connectivity index (χ4n) is 4.38. The van der Waals surface area contributed by atoms with Crippen LogP contribution in [0, 0.1) is 20.8 Å². The summed E-state index contributed by atoms with van der Waals surface area (Å²) in [5, 5.41) is 2.97. The second-order valence-electron chi connectivity index (χ2n) is 10.2. The van der Waals surface area contributed by atoms with Crippen LogP contribution in [0.25, 0.3) is 0 Å². The van der Waals surface area contributed by atoms with Crippen LogP contribution >= 0.6 is 0 Å². The smallest absolute Gasteiger partial charge is 0.267 e. The lowest BCUT2D eigenvalue weighted by molar-refractivity contribution is -0.122. The van der Waals surface area contributed by atoms with Crippen molar-refractivity contribution in [3.8, 4) is 5.75 Å². The number of carbonyl (C=O) groups is 1. The minimum Gasteiger partial charge on any atom is -0.476 e. The van der Waals surface area contributed by atoms with E-state index < -0.39 is 16.1 Å². The number of aryl methyl sites for hydroxylation is 3. The van der Waals surface area contributed by atoms with Gasteiger partial charge < -0.3 is 10.1 Å². The highest BCUT2D eigenvalue weighted by molar-refractivity contribution is 7.92. The molecule has 184 valence electrons. The molecule has 7 heteroatoms. The second-order valence-corrected chi connectivity index (χ2v) is 12.0. The number of sulfonamides is 1. The summed E-state index contributed by atoms with van der Waals surface area (Å²) in [4.78, 5) is 13.5. The normalized spacial score (nSPS) is 15.8. The van der Waals surface area contributed by atoms with Gasteiger partial charge in [-0.25, -0.2) is 8.42 Å². The van der Waals surface area contributed by atoms with Crippen molar-refractivity contribution in [2.45, 2.75) is 58.0 Å². The third kappa shape index (κ3) is 4.91. The Morgan fingerprint density at radius 2 is 1.60 bits per heavy atom. The third-order valence-electron chi connectivity index (χ3n) is 6.24. The molecule has 1 unspecified atom stereocenters. The molecule has 0 aliphatic carbocycles. The number of anilines is 2. The van der Waals surface area contributed by atoms with E-state index in [0.717, 1.165) is 27.9 Å². The van der Waals surface area contributed by atoms with E-state index in [1.807, 2.05) is 45.0 Å². The van der Waals surface area contributed by atoms with E-state index in [4.69, 9.17) is 4.74 Å². The number of hydrogen-bond donors (Lipinski definition) is 1. The number of hydrogen-bond acceptors (Lipinski definition) is 4. The van der Waals surface area contributed by atoms with Gasteiger partial charge in [0.25, 0.3) is 15.9 Å². The van der Waals surface area contributed by atoms with Crippen molar-refractivity contribution in [1.29, 1.82) is 0 Å². The fourth-order valence-corrected chi connectivity index (χ4v) is 5.87. The van der Waals surface area contributed by atoms with E-state index in [1.165, 1.54) is 4.31 Å². The van der Waals surface area contributed by atoms with Gasteiger partial charge in [-0.3, -0.25) is 9.10 Å². The van der Waals surface area contributed by atoms with Crippen molar-refractivity contribution in [1.82, 2.24) is 0 Å². The summed E-state index contributed by atoms with van der Waals surface area (Å²) in [6, 6.07) is 17.8. The van der Waals surface area contributed by atoms with Gasteiger partial charge in [0.15, 0.2) is 6.10 Å². The fraction of sp³-hybridized carbons (Fsp3) is 0.321. The van der Waals surface area contributed by atoms with E-state index in [-0.39, 0.29) is 22.8 Å². The van der Waals surface area contributed by atoms with Gasteiger partial charge in [0, 0.05) is 5.69 Å². The molecule has 4 rings (SSSR count). The Balaban J connectivity index is 1.75. The van der Waals surface area contributed by atoms with Gasteiger partial charge in [0.05, 0.1) is 17.1 Å². The van der Waals surface area contributed by atoms with Gasteiger partial charge in [0.1, 0.15) is 5.75 Å². The molecule has 1 amide bonds. The largest absolute Gasteiger partial charge is 0.476 e. The molecule has 3 aromatic rings. The highest BCUT2D eigenvalue weighted by atomic mass is 32.2. The van der Waals surface area contributed by atoms with E-state index in [9.17, 15) is 13.2 Å². The number of nitrogens with zero attached hydrogens (tertiary/aromatic N) is 1. The predicted octanol–water partition coefficient (Wildman–Crippen LogP) is 5.50. The van der Waals surface area contributed by atoms with Crippen molar-refractivity contribution in [3.63, 3.8) is 0 Å². The number of ether oxygens (including phenoxy) is 1. The molecule has 0 spiro atoms.